The van der Waals surface area contributed by atoms with Gasteiger partial charge in [-0.05, 0) is 17.7 Å². The Labute approximate surface area is 135 Å². The van der Waals surface area contributed by atoms with Crippen LogP contribution in [0.15, 0.2) is 48.2 Å². The van der Waals surface area contributed by atoms with E-state index in [-0.39, 0.29) is 11.9 Å². The van der Waals surface area contributed by atoms with Crippen LogP contribution in [0.2, 0.25) is 0 Å². The van der Waals surface area contributed by atoms with Crippen LogP contribution in [-0.2, 0) is 4.79 Å². The Bertz CT molecular complexity index is 711. The molecule has 0 aromatic heterocycles. The molecule has 3 rings (SSSR count). The molecule has 6 nitrogen and oxygen atoms in total. The second kappa shape index (κ2) is 5.79. The van der Waals surface area contributed by atoms with Crippen molar-refractivity contribution in [3.05, 3.63) is 53.8 Å². The summed E-state index contributed by atoms with van der Waals surface area (Å²) in [5, 5.41) is 2.90. The van der Waals surface area contributed by atoms with Crippen LogP contribution in [0.4, 0.5) is 4.79 Å². The molecule has 0 saturated heterocycles. The predicted octanol–water partition coefficient (Wildman–Crippen LogP) is 1.67. The Morgan fingerprint density at radius 2 is 2.22 bits per heavy atom. The number of carbonyl (C=O) groups is 2. The van der Waals surface area contributed by atoms with Crippen LogP contribution in [0.3, 0.4) is 0 Å². The summed E-state index contributed by atoms with van der Waals surface area (Å²) in [6.07, 6.45) is 1.69. The van der Waals surface area contributed by atoms with Crippen molar-refractivity contribution in [3.63, 3.8) is 0 Å². The SMILES string of the molecule is C=CCN1CC2=C(C1=O)[C@H](c1cccc(OC)c1)NC(=O)N2C. The first-order valence-corrected chi connectivity index (χ1v) is 7.38. The van der Waals surface area contributed by atoms with E-state index in [0.29, 0.717) is 24.4 Å². The van der Waals surface area contributed by atoms with Crippen LogP contribution in [0.25, 0.3) is 0 Å². The van der Waals surface area contributed by atoms with E-state index >= 15 is 0 Å². The summed E-state index contributed by atoms with van der Waals surface area (Å²) in [6.45, 7) is 4.56. The fourth-order valence-electron chi connectivity index (χ4n) is 3.00. The summed E-state index contributed by atoms with van der Waals surface area (Å²) in [5.41, 5.74) is 2.18. The lowest BCUT2D eigenvalue weighted by Gasteiger charge is -2.31. The molecular weight excluding hydrogens is 294 g/mol. The van der Waals surface area contributed by atoms with E-state index in [2.05, 4.69) is 11.9 Å². The summed E-state index contributed by atoms with van der Waals surface area (Å²) in [4.78, 5) is 28.2. The quantitative estimate of drug-likeness (QED) is 0.860. The van der Waals surface area contributed by atoms with E-state index in [1.165, 1.54) is 4.90 Å². The maximum absolute atomic E-state index is 12.7. The first-order chi connectivity index (χ1) is 11.1. The molecule has 0 aliphatic carbocycles. The van der Waals surface area contributed by atoms with Gasteiger partial charge in [-0.15, -0.1) is 6.58 Å². The van der Waals surface area contributed by atoms with Gasteiger partial charge in [0.2, 0.25) is 0 Å². The van der Waals surface area contributed by atoms with Crippen molar-refractivity contribution in [1.82, 2.24) is 15.1 Å². The van der Waals surface area contributed by atoms with Gasteiger partial charge < -0.3 is 15.0 Å². The number of amides is 3. The number of ether oxygens (including phenoxy) is 1. The number of methoxy groups -OCH3 is 1. The molecular formula is C17H19N3O3. The monoisotopic (exact) mass is 313 g/mol. The molecule has 1 aromatic rings. The van der Waals surface area contributed by atoms with Crippen LogP contribution >= 0.6 is 0 Å². The Morgan fingerprint density at radius 3 is 2.91 bits per heavy atom. The first kappa shape index (κ1) is 15.1. The molecule has 2 aliphatic rings. The molecule has 6 heteroatoms. The molecule has 2 aliphatic heterocycles. The zero-order valence-corrected chi connectivity index (χ0v) is 13.2. The van der Waals surface area contributed by atoms with Crippen molar-refractivity contribution >= 4 is 11.9 Å². The molecule has 0 spiro atoms. The number of hydrogen-bond donors (Lipinski definition) is 1. The number of likely N-dealkylation sites (N-methyl/N-ethyl adjacent to an activating group) is 1. The molecule has 0 fully saturated rings. The average molecular weight is 313 g/mol. The highest BCUT2D eigenvalue weighted by atomic mass is 16.5. The van der Waals surface area contributed by atoms with Crippen LogP contribution in [0.5, 0.6) is 5.75 Å². The predicted molar refractivity (Wildman–Crippen MR) is 85.8 cm³/mol. The molecule has 0 bridgehead atoms. The van der Waals surface area contributed by atoms with Gasteiger partial charge in [0.05, 0.1) is 31.0 Å². The molecule has 1 N–H and O–H groups in total. The standard InChI is InChI=1S/C17H19N3O3/c1-4-8-20-10-13-14(16(20)21)15(18-17(22)19(13)2)11-6-5-7-12(9-11)23-3/h4-7,9,15H,1,8,10H2,2-3H3,(H,18,22)/t15-/m0/s1. The summed E-state index contributed by atoms with van der Waals surface area (Å²) < 4.78 is 5.24. The summed E-state index contributed by atoms with van der Waals surface area (Å²) in [7, 11) is 3.26. The Kier molecular flexibility index (Phi) is 3.82. The molecule has 0 unspecified atom stereocenters. The molecule has 1 atom stereocenters. The van der Waals surface area contributed by atoms with Crippen molar-refractivity contribution < 1.29 is 14.3 Å². The number of urea groups is 1. The topological polar surface area (TPSA) is 61.9 Å². The number of rotatable bonds is 4. The first-order valence-electron chi connectivity index (χ1n) is 7.38. The number of nitrogens with one attached hydrogen (secondary N) is 1. The van der Waals surface area contributed by atoms with Gasteiger partial charge in [0, 0.05) is 13.6 Å². The van der Waals surface area contributed by atoms with Crippen LogP contribution in [0, 0.1) is 0 Å². The zero-order valence-electron chi connectivity index (χ0n) is 13.2. The van der Waals surface area contributed by atoms with E-state index in [9.17, 15) is 9.59 Å². The van der Waals surface area contributed by atoms with Crippen molar-refractivity contribution in [2.75, 3.05) is 27.2 Å². The molecule has 3 amide bonds. The third-order valence-corrected chi connectivity index (χ3v) is 4.21. The largest absolute Gasteiger partial charge is 0.497 e. The summed E-state index contributed by atoms with van der Waals surface area (Å²) >= 11 is 0. The number of carbonyl (C=O) groups excluding carboxylic acids is 2. The van der Waals surface area contributed by atoms with Crippen molar-refractivity contribution in [2.24, 2.45) is 0 Å². The number of nitrogens with zero attached hydrogens (tertiary/aromatic N) is 2. The number of benzene rings is 1. The third kappa shape index (κ3) is 2.46. The van der Waals surface area contributed by atoms with E-state index < -0.39 is 6.04 Å². The van der Waals surface area contributed by atoms with E-state index in [0.717, 1.165) is 11.3 Å². The fourth-order valence-corrected chi connectivity index (χ4v) is 3.00. The Hall–Kier alpha value is -2.76. The highest BCUT2D eigenvalue weighted by molar-refractivity contribution is 6.01. The lowest BCUT2D eigenvalue weighted by molar-refractivity contribution is -0.125. The van der Waals surface area contributed by atoms with Gasteiger partial charge in [-0.2, -0.15) is 0 Å². The maximum atomic E-state index is 12.7. The lowest BCUT2D eigenvalue weighted by atomic mass is 9.95. The minimum absolute atomic E-state index is 0.0698. The summed E-state index contributed by atoms with van der Waals surface area (Å²) in [5.74, 6) is 0.616. The van der Waals surface area contributed by atoms with Crippen molar-refractivity contribution in [2.45, 2.75) is 6.04 Å². The maximum Gasteiger partial charge on any atom is 0.322 e. The van der Waals surface area contributed by atoms with E-state index in [4.69, 9.17) is 4.74 Å². The van der Waals surface area contributed by atoms with Gasteiger partial charge in [0.15, 0.2) is 0 Å². The van der Waals surface area contributed by atoms with Crippen molar-refractivity contribution in [1.29, 1.82) is 0 Å². The highest BCUT2D eigenvalue weighted by Gasteiger charge is 2.42. The van der Waals surface area contributed by atoms with Gasteiger partial charge in [-0.1, -0.05) is 18.2 Å². The Balaban J connectivity index is 2.04. The van der Waals surface area contributed by atoms with Crippen LogP contribution in [0.1, 0.15) is 11.6 Å². The minimum Gasteiger partial charge on any atom is -0.497 e. The van der Waals surface area contributed by atoms with Gasteiger partial charge in [-0.25, -0.2) is 4.79 Å². The lowest BCUT2D eigenvalue weighted by Crippen LogP contribution is -2.45. The Morgan fingerprint density at radius 1 is 1.43 bits per heavy atom. The fraction of sp³-hybridized carbons (Fsp3) is 0.294. The van der Waals surface area contributed by atoms with Gasteiger partial charge in [0.1, 0.15) is 5.75 Å². The van der Waals surface area contributed by atoms with E-state index in [1.807, 2.05) is 24.3 Å². The highest BCUT2D eigenvalue weighted by Crippen LogP contribution is 2.36. The summed E-state index contributed by atoms with van der Waals surface area (Å²) in [6, 6.07) is 6.71. The van der Waals surface area contributed by atoms with Gasteiger partial charge in [0.25, 0.3) is 5.91 Å². The molecule has 0 radical (unpaired) electrons. The minimum atomic E-state index is -0.467. The van der Waals surface area contributed by atoms with Crippen LogP contribution < -0.4 is 10.1 Å². The van der Waals surface area contributed by atoms with Gasteiger partial charge >= 0.3 is 6.03 Å². The number of hydrogen-bond acceptors (Lipinski definition) is 3. The molecule has 0 saturated carbocycles. The second-order valence-corrected chi connectivity index (χ2v) is 5.55. The zero-order chi connectivity index (χ0) is 16.6. The van der Waals surface area contributed by atoms with Gasteiger partial charge in [-0.3, -0.25) is 9.69 Å². The molecule has 2 heterocycles. The average Bonchev–Trinajstić information content (AvgIpc) is 2.89. The second-order valence-electron chi connectivity index (χ2n) is 5.55. The molecule has 1 aromatic carbocycles. The molecule has 23 heavy (non-hydrogen) atoms. The smallest absolute Gasteiger partial charge is 0.322 e. The van der Waals surface area contributed by atoms with Crippen LogP contribution in [-0.4, -0.2) is 49.0 Å². The van der Waals surface area contributed by atoms with E-state index in [1.54, 1.807) is 25.1 Å². The normalized spacial score (nSPS) is 20.5. The molecule has 120 valence electrons. The van der Waals surface area contributed by atoms with Crippen molar-refractivity contribution in [3.8, 4) is 5.75 Å². The third-order valence-electron chi connectivity index (χ3n) is 4.21.